The van der Waals surface area contributed by atoms with Gasteiger partial charge in [0, 0.05) is 34.5 Å². The Balaban J connectivity index is 1.43. The molecule has 256 valence electrons. The van der Waals surface area contributed by atoms with Gasteiger partial charge >= 0.3 is 0 Å². The van der Waals surface area contributed by atoms with Gasteiger partial charge in [-0.3, -0.25) is 4.79 Å². The number of carbonyl (C=O) groups excluding carboxylic acids is 1. The highest BCUT2D eigenvalue weighted by Crippen LogP contribution is 2.60. The van der Waals surface area contributed by atoms with Gasteiger partial charge in [-0.15, -0.1) is 6.58 Å². The minimum Gasteiger partial charge on any atom is -0.491 e. The molecule has 47 heavy (non-hydrogen) atoms. The topological polar surface area (TPSA) is 105 Å². The van der Waals surface area contributed by atoms with Gasteiger partial charge in [0.05, 0.1) is 30.8 Å². The van der Waals surface area contributed by atoms with E-state index < -0.39 is 26.8 Å². The van der Waals surface area contributed by atoms with E-state index in [1.807, 2.05) is 19.1 Å². The van der Waals surface area contributed by atoms with Crippen LogP contribution in [-0.4, -0.2) is 63.2 Å². The van der Waals surface area contributed by atoms with Gasteiger partial charge in [0.15, 0.2) is 0 Å². The Morgan fingerprint density at radius 2 is 2.09 bits per heavy atom. The summed E-state index contributed by atoms with van der Waals surface area (Å²) in [5.41, 5.74) is 0.785. The van der Waals surface area contributed by atoms with Crippen LogP contribution >= 0.6 is 11.6 Å². The summed E-state index contributed by atoms with van der Waals surface area (Å²) in [6.45, 7) is 11.9. The molecule has 1 aromatic rings. The van der Waals surface area contributed by atoms with Gasteiger partial charge in [0.2, 0.25) is 10.0 Å². The van der Waals surface area contributed by atoms with Crippen LogP contribution in [-0.2, 0) is 14.8 Å². The molecular formula is C37H49ClN2O6S. The minimum absolute atomic E-state index is 0.0585. The second-order valence-electron chi connectivity index (χ2n) is 14.8. The second-order valence-corrected chi connectivity index (χ2v) is 17.3. The van der Waals surface area contributed by atoms with Gasteiger partial charge in [-0.25, -0.2) is 13.1 Å². The molecule has 1 amide bonds. The van der Waals surface area contributed by atoms with Gasteiger partial charge < -0.3 is 19.5 Å². The lowest BCUT2D eigenvalue weighted by Crippen LogP contribution is -2.56. The lowest BCUT2D eigenvalue weighted by atomic mass is 9.52. The predicted molar refractivity (Wildman–Crippen MR) is 186 cm³/mol. The number of allylic oxidation sites excluding steroid dienone is 5. The van der Waals surface area contributed by atoms with E-state index in [-0.39, 0.29) is 40.8 Å². The van der Waals surface area contributed by atoms with Crippen molar-refractivity contribution in [3.05, 3.63) is 71.3 Å². The summed E-state index contributed by atoms with van der Waals surface area (Å²) in [5, 5.41) is 12.1. The first kappa shape index (κ1) is 34.3. The first-order valence-electron chi connectivity index (χ1n) is 17.0. The summed E-state index contributed by atoms with van der Waals surface area (Å²) in [6.07, 6.45) is 15.7. The van der Waals surface area contributed by atoms with Crippen molar-refractivity contribution < 1.29 is 27.8 Å². The van der Waals surface area contributed by atoms with Gasteiger partial charge in [-0.2, -0.15) is 0 Å². The van der Waals surface area contributed by atoms with Gasteiger partial charge in [0.1, 0.15) is 11.4 Å². The maximum atomic E-state index is 13.5. The summed E-state index contributed by atoms with van der Waals surface area (Å²) < 4.78 is 41.6. The fraction of sp³-hybridized carbons (Fsp3) is 0.595. The van der Waals surface area contributed by atoms with Gasteiger partial charge in [-0.1, -0.05) is 55.3 Å². The van der Waals surface area contributed by atoms with E-state index in [4.69, 9.17) is 21.1 Å². The van der Waals surface area contributed by atoms with E-state index in [1.54, 1.807) is 31.2 Å². The van der Waals surface area contributed by atoms with Crippen LogP contribution in [0.3, 0.4) is 0 Å². The number of ether oxygens (including phenoxy) is 2. The Labute approximate surface area is 285 Å². The highest BCUT2D eigenvalue weighted by Gasteiger charge is 2.55. The fourth-order valence-corrected chi connectivity index (χ4v) is 10.1. The smallest absolute Gasteiger partial charge is 0.264 e. The van der Waals surface area contributed by atoms with Gasteiger partial charge in [-0.05, 0) is 93.9 Å². The van der Waals surface area contributed by atoms with Crippen molar-refractivity contribution in [3.8, 4) is 5.75 Å². The van der Waals surface area contributed by atoms with Crippen LogP contribution in [0.1, 0.15) is 76.1 Å². The number of hydrogen-bond acceptors (Lipinski definition) is 7. The summed E-state index contributed by atoms with van der Waals surface area (Å²) in [5.74, 6) is -0.169. The number of anilines is 1. The van der Waals surface area contributed by atoms with Crippen LogP contribution in [0.5, 0.6) is 5.75 Å². The molecule has 1 spiro atoms. The Morgan fingerprint density at radius 1 is 1.28 bits per heavy atom. The standard InChI is InChI=1S/C37H49ClN2O6S/c1-5-18-45-24-37(42)16-6-8-25(2)26(3)47(43,44)39-34(41)27-11-13-33-32(19-27)40(21-28-10-12-31(28)37)22-36(23-46-33)15-7-9-29-20-30(38)14-17-35(29,36)4/h5-6,11,13-14,16,19-20,25-26,28,31,42H,1,7-10,12,15,17-18,21-24H2,2-4H3,(H,39,41)/b16-6+/t25-,26+,28-,31+,35?,36-,37-/m0/s1. The molecule has 0 radical (unpaired) electrons. The average molecular weight is 685 g/mol. The van der Waals surface area contributed by atoms with E-state index in [0.717, 1.165) is 49.2 Å². The molecule has 0 aromatic heterocycles. The number of carbonyl (C=O) groups is 1. The van der Waals surface area contributed by atoms with Crippen LogP contribution in [0.4, 0.5) is 5.69 Å². The van der Waals surface area contributed by atoms with Crippen molar-refractivity contribution in [2.75, 3.05) is 37.8 Å². The maximum Gasteiger partial charge on any atom is 0.264 e. The van der Waals surface area contributed by atoms with Crippen LogP contribution < -0.4 is 14.4 Å². The molecule has 2 saturated carbocycles. The molecule has 2 N–H and O–H groups in total. The van der Waals surface area contributed by atoms with Crippen LogP contribution in [0, 0.1) is 28.6 Å². The zero-order chi connectivity index (χ0) is 33.6. The number of rotatable bonds is 4. The highest BCUT2D eigenvalue weighted by molar-refractivity contribution is 7.90. The van der Waals surface area contributed by atoms with E-state index in [1.165, 1.54) is 5.57 Å². The SMILES string of the molecule is C=CCOC[C@@]1(O)/C=C/C[C@H](C)[C@@H](C)S(=O)(=O)NC(=O)c2ccc3c(c2)N(C[C@@H]2CC[C@H]21)C[C@@]1(CCCC2=CC(Cl)=CCC21C)CO3. The number of hydrogen-bond donors (Lipinski definition) is 2. The number of sulfonamides is 1. The van der Waals surface area contributed by atoms with E-state index in [0.29, 0.717) is 38.5 Å². The molecule has 8 nitrogen and oxygen atoms in total. The molecule has 7 atom stereocenters. The lowest BCUT2D eigenvalue weighted by Gasteiger charge is -2.55. The van der Waals surface area contributed by atoms with Gasteiger partial charge in [0.25, 0.3) is 5.91 Å². The first-order valence-corrected chi connectivity index (χ1v) is 19.0. The number of benzene rings is 1. The zero-order valence-corrected chi connectivity index (χ0v) is 29.4. The molecule has 2 bridgehead atoms. The van der Waals surface area contributed by atoms with Crippen molar-refractivity contribution in [2.24, 2.45) is 28.6 Å². The second kappa shape index (κ2) is 13.0. The average Bonchev–Trinajstić information content (AvgIpc) is 3.16. The normalized spacial score (nSPS) is 37.5. The molecule has 3 aliphatic carbocycles. The molecule has 5 aliphatic rings. The first-order chi connectivity index (χ1) is 22.3. The minimum atomic E-state index is -3.98. The van der Waals surface area contributed by atoms with Crippen LogP contribution in [0.25, 0.3) is 0 Å². The Kier molecular flexibility index (Phi) is 9.50. The number of amides is 1. The van der Waals surface area contributed by atoms with Crippen molar-refractivity contribution >= 4 is 33.2 Å². The van der Waals surface area contributed by atoms with Crippen LogP contribution in [0.15, 0.2) is 65.8 Å². The number of fused-ring (bicyclic) bond motifs is 4. The zero-order valence-electron chi connectivity index (χ0n) is 27.8. The molecular weight excluding hydrogens is 636 g/mol. The molecule has 2 heterocycles. The summed E-state index contributed by atoms with van der Waals surface area (Å²) in [4.78, 5) is 15.9. The van der Waals surface area contributed by atoms with Crippen molar-refractivity contribution in [2.45, 2.75) is 76.6 Å². The molecule has 2 fully saturated rings. The Hall–Kier alpha value is -2.59. The highest BCUT2D eigenvalue weighted by atomic mass is 35.5. The Bertz CT molecular complexity index is 1610. The fourth-order valence-electron chi connectivity index (χ4n) is 8.58. The third kappa shape index (κ3) is 6.33. The Morgan fingerprint density at radius 3 is 2.83 bits per heavy atom. The van der Waals surface area contributed by atoms with E-state index in [9.17, 15) is 18.3 Å². The van der Waals surface area contributed by atoms with Crippen molar-refractivity contribution in [1.29, 1.82) is 0 Å². The largest absolute Gasteiger partial charge is 0.491 e. The third-order valence-electron chi connectivity index (χ3n) is 12.1. The number of nitrogens with zero attached hydrogens (tertiary/aromatic N) is 1. The molecule has 1 aromatic carbocycles. The predicted octanol–water partition coefficient (Wildman–Crippen LogP) is 6.52. The number of aliphatic hydroxyl groups is 1. The van der Waals surface area contributed by atoms with Crippen molar-refractivity contribution in [3.63, 3.8) is 0 Å². The van der Waals surface area contributed by atoms with Crippen LogP contribution in [0.2, 0.25) is 0 Å². The quantitative estimate of drug-likeness (QED) is 0.275. The summed E-state index contributed by atoms with van der Waals surface area (Å²) in [7, 11) is -3.98. The molecule has 1 unspecified atom stereocenters. The van der Waals surface area contributed by atoms with E-state index >= 15 is 0 Å². The van der Waals surface area contributed by atoms with Crippen molar-refractivity contribution in [1.82, 2.24) is 4.72 Å². The monoisotopic (exact) mass is 684 g/mol. The molecule has 2 aliphatic heterocycles. The molecule has 6 rings (SSSR count). The van der Waals surface area contributed by atoms with E-state index in [2.05, 4.69) is 35.3 Å². The number of halogens is 1. The number of nitrogens with one attached hydrogen (secondary N) is 1. The molecule has 0 saturated heterocycles. The lowest BCUT2D eigenvalue weighted by molar-refractivity contribution is -0.0918. The maximum absolute atomic E-state index is 13.5. The summed E-state index contributed by atoms with van der Waals surface area (Å²) in [6, 6.07) is 5.24. The summed E-state index contributed by atoms with van der Waals surface area (Å²) >= 11 is 6.53. The molecule has 10 heteroatoms. The third-order valence-corrected chi connectivity index (χ3v) is 14.3.